The molecule has 0 amide bonds. The Bertz CT molecular complexity index is 2610. The van der Waals surface area contributed by atoms with Gasteiger partial charge in [0, 0.05) is 24.7 Å². The molecule has 0 aromatic heterocycles. The number of ether oxygens (including phenoxy) is 6. The van der Waals surface area contributed by atoms with Gasteiger partial charge in [-0.15, -0.1) is 19.7 Å². The predicted octanol–water partition coefficient (Wildman–Crippen LogP) is 18.9. The van der Waals surface area contributed by atoms with Crippen LogP contribution >= 0.6 is 82.5 Å². The average molecular weight is 1870 g/mol. The van der Waals surface area contributed by atoms with Crippen LogP contribution in [0.2, 0.25) is 0 Å². The van der Waals surface area contributed by atoms with Crippen molar-refractivity contribution in [1.82, 2.24) is 0 Å². The molecule has 0 saturated carbocycles. The molecule has 6 fully saturated rings. The zero-order valence-electron chi connectivity index (χ0n) is 60.9. The molecule has 0 N–H and O–H groups in total. The average Bonchev–Trinajstić information content (AvgIpc) is 1.63. The SMILES string of the molecule is C.C/C=C1\CC2CC(=O)OC(/C=C/C)[C@@H](C)/C=C/[C@H](C)C[C@H]3CCCC(C[C@@H](C1)O2)O3.C/C=C1\CC2CC(=O)OC(/C=C/I)[C@@H](C)/C=C/[C@H](C)C[C@H]3CCCC(C[C@@H](C1)O2)O3.C=C.C=CB1OC(C)(C)C(C)(C)O1.CC1(C)OB(c2ccccc2)OC1(C)C.O=C=O.O=C=O.[I][V]([I])[I]. The van der Waals surface area contributed by atoms with Crippen LogP contribution in [0.4, 0.5) is 0 Å². The van der Waals surface area contributed by atoms with Gasteiger partial charge in [0.05, 0.1) is 84.1 Å². The van der Waals surface area contributed by atoms with Crippen LogP contribution in [0.5, 0.6) is 0 Å². The van der Waals surface area contributed by atoms with E-state index in [1.165, 1.54) is 24.0 Å². The summed E-state index contributed by atoms with van der Waals surface area (Å²) in [7, 11) is -0.490. The topological polar surface area (TPSA) is 195 Å². The van der Waals surface area contributed by atoms with E-state index < -0.39 is 0 Å². The number of allylic oxidation sites excluding steroid dienone is 5. The Morgan fingerprint density at radius 3 is 1.18 bits per heavy atom. The van der Waals surface area contributed by atoms with E-state index in [1.54, 1.807) is 5.98 Å². The first kappa shape index (κ1) is 95.2. The van der Waals surface area contributed by atoms with Crippen LogP contribution in [0.3, 0.4) is 0 Å². The van der Waals surface area contributed by atoms with Crippen LogP contribution in [-0.4, -0.2) is 122 Å². The molecule has 0 aliphatic carbocycles. The van der Waals surface area contributed by atoms with Crippen LogP contribution in [0, 0.1) is 23.7 Å². The Hall–Kier alpha value is -1.85. The van der Waals surface area contributed by atoms with E-state index in [2.05, 4.69) is 208 Å². The van der Waals surface area contributed by atoms with Crippen LogP contribution in [0.15, 0.2) is 126 Å². The molecule has 8 bridgehead atoms. The molecule has 0 spiro atoms. The van der Waals surface area contributed by atoms with Gasteiger partial charge < -0.3 is 47.0 Å². The van der Waals surface area contributed by atoms with E-state index in [-0.39, 0.29) is 134 Å². The van der Waals surface area contributed by atoms with E-state index >= 15 is 0 Å². The van der Waals surface area contributed by atoms with Gasteiger partial charge in [0.2, 0.25) is 0 Å². The molecule has 1 aromatic carbocycles. The molecule has 6 unspecified atom stereocenters. The van der Waals surface area contributed by atoms with Gasteiger partial charge in [0.15, 0.2) is 0 Å². The van der Waals surface area contributed by atoms with E-state index in [1.807, 2.05) is 87.3 Å². The molecule has 8 aliphatic heterocycles. The number of hydrogen-bond acceptors (Lipinski definition) is 16. The fourth-order valence-electron chi connectivity index (χ4n) is 12.5. The molecular weight excluding hydrogens is 1750 g/mol. The number of carbonyl (C=O) groups is 2. The van der Waals surface area contributed by atoms with E-state index in [4.69, 9.17) is 66.2 Å². The van der Waals surface area contributed by atoms with Crippen LogP contribution in [0.1, 0.15) is 214 Å². The van der Waals surface area contributed by atoms with E-state index in [0.29, 0.717) is 36.9 Å². The molecule has 14 atom stereocenters. The predicted molar refractivity (Wildman–Crippen MR) is 427 cm³/mol. The standard InChI is InChI=1S/C26H40O4.C25H37IO4.C12H17BO2.C8H15BO2.C2H4.2CO2.CH4.3HI.V/c1-5-8-25-19(4)12-11-18(3)13-21-9-7-10-22(28-21)16-23-14-20(6-2)15-24(29-23)17-26(27)30-25;1-4-19-13-22-15-21-7-5-6-20(28-21)12-17(2)8-9-18(3)24(10-11-26)30-25(27)16-23(14-19)29-22;1-11(2)12(3,4)15-13(14-11)10-8-6-5-7-9-10;1-6-9-10-7(2,3)8(4,5)11-9;1-2;2*2-1-3;;;;;/h5-6,8,11-12,18-19,21-25H,7,9-10,13-17H2,1-4H3;4,8-11,17-18,20-24H,5-7,12-16H2,1-3H3;5-9H,1-4H3;6H,1H2,2-5H3;1-2H2;;;1H4;3*1H;/q;;;;;;;;;;;+3/p-3/b8-5+,12-11+,20-6-;9-8+,11-10+,19-4-;;;;;;;;;;/t18-,19-,21+,22?,23+,24?,25?;17-,18-,20+,21?,22+,23?,24?;;;;;;;;;;/m00........../s1. The second-order valence-corrected chi connectivity index (χ2v) is 63.9. The number of benzene rings is 1. The third kappa shape index (κ3) is 35.9. The molecular formula is C76H117B2I4O16V. The van der Waals surface area contributed by atoms with Crippen molar-refractivity contribution in [3.63, 3.8) is 0 Å². The summed E-state index contributed by atoms with van der Waals surface area (Å²) in [5.74, 6) is 2.47. The molecule has 16 nitrogen and oxygen atoms in total. The van der Waals surface area contributed by atoms with Gasteiger partial charge in [-0.1, -0.05) is 148 Å². The summed E-state index contributed by atoms with van der Waals surface area (Å²) >= 11 is 9.57. The molecule has 23 heteroatoms. The Balaban J connectivity index is 0.000000657. The van der Waals surface area contributed by atoms with Gasteiger partial charge in [-0.3, -0.25) is 9.59 Å². The van der Waals surface area contributed by atoms with Gasteiger partial charge in [-0.25, -0.2) is 0 Å². The number of rotatable bonds is 4. The van der Waals surface area contributed by atoms with Crippen molar-refractivity contribution in [3.8, 4) is 0 Å². The minimum atomic E-state index is -0.278. The van der Waals surface area contributed by atoms with Crippen LogP contribution in [0.25, 0.3) is 0 Å². The second kappa shape index (κ2) is 49.8. The van der Waals surface area contributed by atoms with Crippen molar-refractivity contribution >= 4 is 126 Å². The molecule has 556 valence electrons. The first-order valence-corrected chi connectivity index (χ1v) is 49.3. The molecule has 9 rings (SSSR count). The monoisotopic (exact) mass is 1870 g/mol. The Morgan fingerprint density at radius 2 is 0.848 bits per heavy atom. The van der Waals surface area contributed by atoms with Crippen molar-refractivity contribution in [2.45, 2.75) is 297 Å². The number of carbonyl (C=O) groups excluding carboxylic acids is 6. The molecule has 8 heterocycles. The van der Waals surface area contributed by atoms with Crippen LogP contribution < -0.4 is 5.46 Å². The fourth-order valence-corrected chi connectivity index (χ4v) is 12.9. The van der Waals surface area contributed by atoms with Gasteiger partial charge in [0.25, 0.3) is 0 Å². The number of cyclic esters (lactones) is 2. The Kier molecular flexibility index (Phi) is 47.9. The fraction of sp³-hybridized carbons (Fsp3) is 0.658. The normalized spacial score (nSPS) is 32.2. The summed E-state index contributed by atoms with van der Waals surface area (Å²) in [6.45, 7) is 40.9. The van der Waals surface area contributed by atoms with E-state index in [0.717, 1.165) is 82.5 Å². The van der Waals surface area contributed by atoms with E-state index in [9.17, 15) is 9.59 Å². The van der Waals surface area contributed by atoms with Crippen LogP contribution in [-0.2, 0) is 80.7 Å². The van der Waals surface area contributed by atoms with Crippen molar-refractivity contribution in [2.75, 3.05) is 0 Å². The number of hydrogen-bond donors (Lipinski definition) is 0. The summed E-state index contributed by atoms with van der Waals surface area (Å²) in [5.41, 5.74) is 2.87. The maximum absolute atomic E-state index is 12.7. The third-order valence-corrected chi connectivity index (χ3v) is 19.4. The maximum atomic E-state index is 12.7. The Morgan fingerprint density at radius 1 is 0.515 bits per heavy atom. The van der Waals surface area contributed by atoms with Crippen molar-refractivity contribution in [1.29, 1.82) is 0 Å². The molecule has 8 aliphatic rings. The van der Waals surface area contributed by atoms with Gasteiger partial charge >= 0.3 is 103 Å². The summed E-state index contributed by atoms with van der Waals surface area (Å²) in [6.07, 6.45) is 35.5. The van der Waals surface area contributed by atoms with Crippen molar-refractivity contribution in [3.05, 3.63) is 126 Å². The van der Waals surface area contributed by atoms with Crippen molar-refractivity contribution in [2.24, 2.45) is 23.7 Å². The minimum absolute atomic E-state index is 0. The first-order valence-electron chi connectivity index (χ1n) is 34.5. The number of esters is 2. The molecule has 6 saturated heterocycles. The zero-order chi connectivity index (χ0) is 73.8. The van der Waals surface area contributed by atoms with Gasteiger partial charge in [-0.2, -0.15) is 19.2 Å². The molecule has 1 aromatic rings. The van der Waals surface area contributed by atoms with Gasteiger partial charge in [-0.05, 0) is 187 Å². The summed E-state index contributed by atoms with van der Waals surface area (Å²) in [6, 6.07) is 10.1. The Labute approximate surface area is 647 Å². The third-order valence-electron chi connectivity index (χ3n) is 19.0. The second-order valence-electron chi connectivity index (χ2n) is 27.9. The zero-order valence-corrected chi connectivity index (χ0v) is 70.9. The quantitative estimate of drug-likeness (QED) is 0.119. The summed E-state index contributed by atoms with van der Waals surface area (Å²) < 4.78 is 62.4. The number of fused-ring (bicyclic) bond motifs is 8. The first-order chi connectivity index (χ1) is 46.3. The molecule has 99 heavy (non-hydrogen) atoms. The van der Waals surface area contributed by atoms with Crippen molar-refractivity contribution < 1.29 is 80.7 Å². The number of halogens is 4. The summed E-state index contributed by atoms with van der Waals surface area (Å²) in [5, 5.41) is 0. The summed E-state index contributed by atoms with van der Waals surface area (Å²) in [4.78, 5) is 57.7. The van der Waals surface area contributed by atoms with Gasteiger partial charge in [0.1, 0.15) is 12.2 Å². The molecule has 0 radical (unpaired) electrons.